The molecule has 0 heterocycles. The number of para-hydroxylation sites is 1. The highest BCUT2D eigenvalue weighted by Crippen LogP contribution is 2.16. The van der Waals surface area contributed by atoms with Crippen molar-refractivity contribution in [1.82, 2.24) is 0 Å². The number of likely N-dealkylation sites (N-methyl/N-ethyl adjacent to an activating group) is 1. The van der Waals surface area contributed by atoms with Crippen LogP contribution in [0.3, 0.4) is 0 Å². The SMILES string of the molecule is CCN(CCNc1cccc(Br)c1)c1ccccc1. The lowest BCUT2D eigenvalue weighted by atomic mass is 10.3. The van der Waals surface area contributed by atoms with Crippen LogP contribution in [0.5, 0.6) is 0 Å². The van der Waals surface area contributed by atoms with Crippen LogP contribution in [0.25, 0.3) is 0 Å². The number of halogens is 1. The summed E-state index contributed by atoms with van der Waals surface area (Å²) in [5, 5.41) is 3.45. The maximum atomic E-state index is 3.48. The molecule has 0 atom stereocenters. The van der Waals surface area contributed by atoms with E-state index < -0.39 is 0 Å². The monoisotopic (exact) mass is 318 g/mol. The zero-order valence-electron chi connectivity index (χ0n) is 11.1. The molecule has 2 aromatic rings. The third kappa shape index (κ3) is 4.28. The smallest absolute Gasteiger partial charge is 0.0366 e. The Hall–Kier alpha value is -1.48. The van der Waals surface area contributed by atoms with Crippen molar-refractivity contribution in [1.29, 1.82) is 0 Å². The molecule has 2 rings (SSSR count). The van der Waals surface area contributed by atoms with Crippen molar-refractivity contribution < 1.29 is 0 Å². The van der Waals surface area contributed by atoms with Gasteiger partial charge in [0.05, 0.1) is 0 Å². The molecule has 2 aromatic carbocycles. The molecule has 3 heteroatoms. The molecule has 0 saturated heterocycles. The van der Waals surface area contributed by atoms with Gasteiger partial charge in [-0.3, -0.25) is 0 Å². The molecular formula is C16H19BrN2. The Morgan fingerprint density at radius 3 is 2.53 bits per heavy atom. The topological polar surface area (TPSA) is 15.3 Å². The van der Waals surface area contributed by atoms with Crippen molar-refractivity contribution in [3.8, 4) is 0 Å². The zero-order chi connectivity index (χ0) is 13.5. The number of hydrogen-bond donors (Lipinski definition) is 1. The van der Waals surface area contributed by atoms with Gasteiger partial charge >= 0.3 is 0 Å². The molecule has 100 valence electrons. The second kappa shape index (κ2) is 7.19. The van der Waals surface area contributed by atoms with Crippen molar-refractivity contribution in [2.75, 3.05) is 29.9 Å². The Labute approximate surface area is 123 Å². The van der Waals surface area contributed by atoms with E-state index in [1.807, 2.05) is 12.1 Å². The Bertz CT molecular complexity index is 499. The predicted octanol–water partition coefficient (Wildman–Crippen LogP) is 4.39. The van der Waals surface area contributed by atoms with E-state index in [2.05, 4.69) is 75.5 Å². The summed E-state index contributed by atoms with van der Waals surface area (Å²) in [5.41, 5.74) is 2.43. The van der Waals surface area contributed by atoms with Gasteiger partial charge in [-0.1, -0.05) is 40.2 Å². The highest BCUT2D eigenvalue weighted by Gasteiger charge is 2.02. The van der Waals surface area contributed by atoms with Gasteiger partial charge in [0.1, 0.15) is 0 Å². The molecular weight excluding hydrogens is 300 g/mol. The molecule has 0 spiro atoms. The van der Waals surface area contributed by atoms with E-state index >= 15 is 0 Å². The molecule has 2 nitrogen and oxygen atoms in total. The van der Waals surface area contributed by atoms with E-state index in [-0.39, 0.29) is 0 Å². The fourth-order valence-electron chi connectivity index (χ4n) is 2.04. The van der Waals surface area contributed by atoms with Crippen molar-refractivity contribution in [2.24, 2.45) is 0 Å². The third-order valence-corrected chi connectivity index (χ3v) is 3.53. The van der Waals surface area contributed by atoms with Crippen LogP contribution < -0.4 is 10.2 Å². The summed E-state index contributed by atoms with van der Waals surface area (Å²) in [5.74, 6) is 0. The minimum atomic E-state index is 0.930. The average Bonchev–Trinajstić information content (AvgIpc) is 2.45. The van der Waals surface area contributed by atoms with E-state index in [1.165, 1.54) is 5.69 Å². The number of nitrogens with zero attached hydrogens (tertiary/aromatic N) is 1. The van der Waals surface area contributed by atoms with Crippen LogP contribution in [0.2, 0.25) is 0 Å². The van der Waals surface area contributed by atoms with Gasteiger partial charge in [-0.2, -0.15) is 0 Å². The minimum Gasteiger partial charge on any atom is -0.383 e. The van der Waals surface area contributed by atoms with E-state index in [1.54, 1.807) is 0 Å². The number of hydrogen-bond acceptors (Lipinski definition) is 2. The van der Waals surface area contributed by atoms with Gasteiger partial charge in [0.2, 0.25) is 0 Å². The van der Waals surface area contributed by atoms with Gasteiger partial charge in [0, 0.05) is 35.5 Å². The lowest BCUT2D eigenvalue weighted by Gasteiger charge is -2.23. The molecule has 0 fully saturated rings. The summed E-state index contributed by atoms with van der Waals surface area (Å²) < 4.78 is 1.10. The number of rotatable bonds is 6. The maximum absolute atomic E-state index is 3.48. The summed E-state index contributed by atoms with van der Waals surface area (Å²) in [6.07, 6.45) is 0. The second-order valence-corrected chi connectivity index (χ2v) is 5.27. The van der Waals surface area contributed by atoms with Gasteiger partial charge in [-0.05, 0) is 37.3 Å². The number of anilines is 2. The summed E-state index contributed by atoms with van der Waals surface area (Å²) >= 11 is 3.48. The molecule has 0 aliphatic rings. The fraction of sp³-hybridized carbons (Fsp3) is 0.250. The number of benzene rings is 2. The minimum absolute atomic E-state index is 0.930. The van der Waals surface area contributed by atoms with Crippen LogP contribution >= 0.6 is 15.9 Å². The normalized spacial score (nSPS) is 10.2. The van der Waals surface area contributed by atoms with Gasteiger partial charge in [-0.15, -0.1) is 0 Å². The standard InChI is InChI=1S/C16H19BrN2/c1-2-19(16-9-4-3-5-10-16)12-11-18-15-8-6-7-14(17)13-15/h3-10,13,18H,2,11-12H2,1H3. The van der Waals surface area contributed by atoms with Crippen molar-refractivity contribution in [2.45, 2.75) is 6.92 Å². The third-order valence-electron chi connectivity index (χ3n) is 3.04. The average molecular weight is 319 g/mol. The molecule has 0 aliphatic heterocycles. The van der Waals surface area contributed by atoms with Gasteiger partial charge < -0.3 is 10.2 Å². The zero-order valence-corrected chi connectivity index (χ0v) is 12.7. The van der Waals surface area contributed by atoms with Crippen LogP contribution in [-0.4, -0.2) is 19.6 Å². The highest BCUT2D eigenvalue weighted by molar-refractivity contribution is 9.10. The highest BCUT2D eigenvalue weighted by atomic mass is 79.9. The second-order valence-electron chi connectivity index (χ2n) is 4.35. The van der Waals surface area contributed by atoms with Crippen molar-refractivity contribution in [3.05, 3.63) is 59.1 Å². The molecule has 0 saturated carbocycles. The summed E-state index contributed by atoms with van der Waals surface area (Å²) in [7, 11) is 0. The number of nitrogens with one attached hydrogen (secondary N) is 1. The first-order valence-electron chi connectivity index (χ1n) is 6.59. The fourth-order valence-corrected chi connectivity index (χ4v) is 2.44. The summed E-state index contributed by atoms with van der Waals surface area (Å²) in [6.45, 7) is 5.13. The molecule has 0 radical (unpaired) electrons. The molecule has 0 bridgehead atoms. The van der Waals surface area contributed by atoms with Crippen molar-refractivity contribution >= 4 is 27.3 Å². The van der Waals surface area contributed by atoms with Gasteiger partial charge in [0.15, 0.2) is 0 Å². The molecule has 1 N–H and O–H groups in total. The largest absolute Gasteiger partial charge is 0.383 e. The molecule has 0 unspecified atom stereocenters. The van der Waals surface area contributed by atoms with Gasteiger partial charge in [-0.25, -0.2) is 0 Å². The van der Waals surface area contributed by atoms with E-state index in [0.717, 1.165) is 29.8 Å². The Morgan fingerprint density at radius 1 is 1.05 bits per heavy atom. The Balaban J connectivity index is 1.87. The van der Waals surface area contributed by atoms with Crippen LogP contribution in [-0.2, 0) is 0 Å². The predicted molar refractivity (Wildman–Crippen MR) is 87.0 cm³/mol. The van der Waals surface area contributed by atoms with Crippen LogP contribution in [0.15, 0.2) is 59.1 Å². The van der Waals surface area contributed by atoms with E-state index in [9.17, 15) is 0 Å². The first kappa shape index (κ1) is 13.9. The first-order valence-corrected chi connectivity index (χ1v) is 7.38. The van der Waals surface area contributed by atoms with Crippen LogP contribution in [0, 0.1) is 0 Å². The molecule has 19 heavy (non-hydrogen) atoms. The van der Waals surface area contributed by atoms with Crippen molar-refractivity contribution in [3.63, 3.8) is 0 Å². The Morgan fingerprint density at radius 2 is 1.84 bits per heavy atom. The lowest BCUT2D eigenvalue weighted by molar-refractivity contribution is 0.835. The first-order chi connectivity index (χ1) is 9.29. The van der Waals surface area contributed by atoms with Gasteiger partial charge in [0.25, 0.3) is 0 Å². The summed E-state index contributed by atoms with van der Waals surface area (Å²) in [4.78, 5) is 2.37. The molecule has 0 amide bonds. The van der Waals surface area contributed by atoms with E-state index in [0.29, 0.717) is 0 Å². The lowest BCUT2D eigenvalue weighted by Crippen LogP contribution is -2.28. The van der Waals surface area contributed by atoms with Crippen LogP contribution in [0.1, 0.15) is 6.92 Å². The Kier molecular flexibility index (Phi) is 5.28. The molecule has 0 aliphatic carbocycles. The summed E-state index contributed by atoms with van der Waals surface area (Å²) in [6, 6.07) is 18.8. The van der Waals surface area contributed by atoms with E-state index in [4.69, 9.17) is 0 Å². The van der Waals surface area contributed by atoms with Crippen LogP contribution in [0.4, 0.5) is 11.4 Å². The molecule has 0 aromatic heterocycles. The maximum Gasteiger partial charge on any atom is 0.0366 e. The quantitative estimate of drug-likeness (QED) is 0.849.